The fourth-order valence-corrected chi connectivity index (χ4v) is 1.88. The van der Waals surface area contributed by atoms with Crippen LogP contribution in [0.15, 0.2) is 29.1 Å². The fraction of sp³-hybridized carbons (Fsp3) is 0.385. The van der Waals surface area contributed by atoms with E-state index in [9.17, 15) is 9.90 Å². The molecule has 0 unspecified atom stereocenters. The van der Waals surface area contributed by atoms with Crippen molar-refractivity contribution in [2.75, 3.05) is 0 Å². The number of aromatic nitrogens is 2. The quantitative estimate of drug-likeness (QED) is 0.853. The van der Waals surface area contributed by atoms with Gasteiger partial charge in [-0.1, -0.05) is 18.2 Å². The molecule has 1 aromatic carbocycles. The second-order valence-electron chi connectivity index (χ2n) is 4.91. The van der Waals surface area contributed by atoms with Gasteiger partial charge >= 0.3 is 0 Å². The first-order chi connectivity index (χ1) is 7.88. The third-order valence-electron chi connectivity index (χ3n) is 2.59. The molecule has 4 nitrogen and oxygen atoms in total. The molecule has 0 aliphatic heterocycles. The molecule has 0 saturated heterocycles. The van der Waals surface area contributed by atoms with Gasteiger partial charge in [-0.3, -0.25) is 4.79 Å². The Morgan fingerprint density at radius 1 is 1.29 bits per heavy atom. The molecular weight excluding hydrogens is 216 g/mol. The zero-order chi connectivity index (χ0) is 12.6. The summed E-state index contributed by atoms with van der Waals surface area (Å²) in [6, 6.07) is 7.38. The summed E-state index contributed by atoms with van der Waals surface area (Å²) in [6.07, 6.45) is 0. The Bertz CT molecular complexity index is 609. The van der Waals surface area contributed by atoms with Gasteiger partial charge in [-0.05, 0) is 26.8 Å². The first-order valence-corrected chi connectivity index (χ1v) is 5.57. The molecule has 4 heteroatoms. The normalized spacial score (nSPS) is 12.0. The first kappa shape index (κ1) is 11.8. The van der Waals surface area contributed by atoms with Crippen LogP contribution in [0, 0.1) is 6.92 Å². The molecule has 0 aliphatic carbocycles. The highest BCUT2D eigenvalue weighted by Gasteiger charge is 2.16. The maximum Gasteiger partial charge on any atom is 0.274 e. The molecule has 1 N–H and O–H groups in total. The van der Waals surface area contributed by atoms with Gasteiger partial charge in [0, 0.05) is 5.39 Å². The van der Waals surface area contributed by atoms with Gasteiger partial charge in [-0.25, -0.2) is 4.68 Å². The van der Waals surface area contributed by atoms with E-state index in [0.29, 0.717) is 5.39 Å². The molecule has 17 heavy (non-hydrogen) atoms. The monoisotopic (exact) mass is 232 g/mol. The number of aliphatic hydroxyl groups is 1. The lowest BCUT2D eigenvalue weighted by Gasteiger charge is -2.18. The second-order valence-corrected chi connectivity index (χ2v) is 4.91. The fourth-order valence-electron chi connectivity index (χ4n) is 1.88. The summed E-state index contributed by atoms with van der Waals surface area (Å²) in [5.41, 5.74) is -0.316. The highest BCUT2D eigenvalue weighted by Crippen LogP contribution is 2.12. The minimum absolute atomic E-state index is 0.159. The van der Waals surface area contributed by atoms with E-state index in [0.717, 1.165) is 11.1 Å². The molecule has 0 spiro atoms. The Kier molecular flexibility index (Phi) is 2.75. The zero-order valence-corrected chi connectivity index (χ0v) is 10.3. The van der Waals surface area contributed by atoms with Gasteiger partial charge in [0.1, 0.15) is 0 Å². The SMILES string of the molecule is Cc1nn(CC(C)(C)O)c(=O)c2ccccc12. The summed E-state index contributed by atoms with van der Waals surface area (Å²) in [5, 5.41) is 15.5. The molecule has 0 bridgehead atoms. The Morgan fingerprint density at radius 3 is 2.47 bits per heavy atom. The number of rotatable bonds is 2. The molecular formula is C13H16N2O2. The van der Waals surface area contributed by atoms with Gasteiger partial charge in [-0.2, -0.15) is 5.10 Å². The number of benzene rings is 1. The molecule has 2 aromatic rings. The van der Waals surface area contributed by atoms with Crippen LogP contribution in [0.3, 0.4) is 0 Å². The predicted molar refractivity (Wildman–Crippen MR) is 67.0 cm³/mol. The number of fused-ring (bicyclic) bond motifs is 1. The summed E-state index contributed by atoms with van der Waals surface area (Å²) in [5.74, 6) is 0. The summed E-state index contributed by atoms with van der Waals surface area (Å²) in [4.78, 5) is 12.1. The minimum Gasteiger partial charge on any atom is -0.389 e. The largest absolute Gasteiger partial charge is 0.389 e. The average molecular weight is 232 g/mol. The molecule has 1 aromatic heterocycles. The van der Waals surface area contributed by atoms with Crippen LogP contribution in [-0.4, -0.2) is 20.5 Å². The molecule has 0 amide bonds. The van der Waals surface area contributed by atoms with E-state index in [4.69, 9.17) is 0 Å². The van der Waals surface area contributed by atoms with Crippen molar-refractivity contribution >= 4 is 10.8 Å². The summed E-state index contributed by atoms with van der Waals surface area (Å²) in [7, 11) is 0. The summed E-state index contributed by atoms with van der Waals surface area (Å²) < 4.78 is 1.33. The van der Waals surface area contributed by atoms with E-state index in [1.165, 1.54) is 4.68 Å². The summed E-state index contributed by atoms with van der Waals surface area (Å²) in [6.45, 7) is 5.37. The number of hydrogen-bond acceptors (Lipinski definition) is 3. The first-order valence-electron chi connectivity index (χ1n) is 5.57. The van der Waals surface area contributed by atoms with E-state index in [-0.39, 0.29) is 12.1 Å². The van der Waals surface area contributed by atoms with Crippen LogP contribution in [0.25, 0.3) is 10.8 Å². The lowest BCUT2D eigenvalue weighted by atomic mass is 10.1. The highest BCUT2D eigenvalue weighted by molar-refractivity contribution is 5.83. The van der Waals surface area contributed by atoms with Crippen molar-refractivity contribution in [2.45, 2.75) is 32.9 Å². The van der Waals surface area contributed by atoms with Crippen molar-refractivity contribution in [1.82, 2.24) is 9.78 Å². The van der Waals surface area contributed by atoms with E-state index in [1.807, 2.05) is 25.1 Å². The van der Waals surface area contributed by atoms with Crippen LogP contribution in [-0.2, 0) is 6.54 Å². The van der Waals surface area contributed by atoms with Gasteiger partial charge < -0.3 is 5.11 Å². The zero-order valence-electron chi connectivity index (χ0n) is 10.3. The smallest absolute Gasteiger partial charge is 0.274 e. The molecule has 0 fully saturated rings. The van der Waals surface area contributed by atoms with E-state index < -0.39 is 5.60 Å². The maximum atomic E-state index is 12.1. The highest BCUT2D eigenvalue weighted by atomic mass is 16.3. The molecule has 0 aliphatic rings. The van der Waals surface area contributed by atoms with Crippen molar-refractivity contribution in [3.05, 3.63) is 40.3 Å². The minimum atomic E-state index is -0.953. The third kappa shape index (κ3) is 2.36. The Hall–Kier alpha value is -1.68. The van der Waals surface area contributed by atoms with E-state index in [1.54, 1.807) is 19.9 Å². The Balaban J connectivity index is 2.68. The van der Waals surface area contributed by atoms with Gasteiger partial charge in [0.2, 0.25) is 0 Å². The van der Waals surface area contributed by atoms with Crippen molar-refractivity contribution in [3.63, 3.8) is 0 Å². The molecule has 2 rings (SSSR count). The molecule has 0 radical (unpaired) electrons. The number of aryl methyl sites for hydroxylation is 1. The summed E-state index contributed by atoms with van der Waals surface area (Å²) >= 11 is 0. The Morgan fingerprint density at radius 2 is 1.88 bits per heavy atom. The second kappa shape index (κ2) is 3.96. The Labute approximate surface area is 99.5 Å². The van der Waals surface area contributed by atoms with Gasteiger partial charge in [0.05, 0.1) is 23.2 Å². The van der Waals surface area contributed by atoms with E-state index in [2.05, 4.69) is 5.10 Å². The van der Waals surface area contributed by atoms with Crippen LogP contribution in [0.2, 0.25) is 0 Å². The predicted octanol–water partition coefficient (Wildman–Crippen LogP) is 1.48. The lowest BCUT2D eigenvalue weighted by molar-refractivity contribution is 0.0562. The van der Waals surface area contributed by atoms with Crippen LogP contribution >= 0.6 is 0 Å². The van der Waals surface area contributed by atoms with Crippen molar-refractivity contribution < 1.29 is 5.11 Å². The molecule has 90 valence electrons. The lowest BCUT2D eigenvalue weighted by Crippen LogP contribution is -2.34. The molecule has 0 atom stereocenters. The van der Waals surface area contributed by atoms with Gasteiger partial charge in [0.15, 0.2) is 0 Å². The van der Waals surface area contributed by atoms with Crippen LogP contribution < -0.4 is 5.56 Å². The standard InChI is InChI=1S/C13H16N2O2/c1-9-10-6-4-5-7-11(10)12(16)15(14-9)8-13(2,3)17/h4-7,17H,8H2,1-3H3. The van der Waals surface area contributed by atoms with Crippen molar-refractivity contribution in [2.24, 2.45) is 0 Å². The number of hydrogen-bond donors (Lipinski definition) is 1. The third-order valence-corrected chi connectivity index (χ3v) is 2.59. The van der Waals surface area contributed by atoms with Crippen LogP contribution in [0.5, 0.6) is 0 Å². The van der Waals surface area contributed by atoms with Crippen LogP contribution in [0.1, 0.15) is 19.5 Å². The van der Waals surface area contributed by atoms with Crippen molar-refractivity contribution in [1.29, 1.82) is 0 Å². The van der Waals surface area contributed by atoms with Gasteiger partial charge in [-0.15, -0.1) is 0 Å². The number of nitrogens with zero attached hydrogens (tertiary/aromatic N) is 2. The van der Waals surface area contributed by atoms with Gasteiger partial charge in [0.25, 0.3) is 5.56 Å². The molecule has 1 heterocycles. The van der Waals surface area contributed by atoms with E-state index >= 15 is 0 Å². The van der Waals surface area contributed by atoms with Crippen LogP contribution in [0.4, 0.5) is 0 Å². The maximum absolute atomic E-state index is 12.1. The molecule has 0 saturated carbocycles. The van der Waals surface area contributed by atoms with Crippen molar-refractivity contribution in [3.8, 4) is 0 Å². The average Bonchev–Trinajstić information content (AvgIpc) is 2.24. The topological polar surface area (TPSA) is 55.1 Å².